The Labute approximate surface area is 177 Å². The highest BCUT2D eigenvalue weighted by atomic mass is 35.5. The molecule has 0 radical (unpaired) electrons. The molecule has 9 heteroatoms. The van der Waals surface area contributed by atoms with Gasteiger partial charge in [-0.15, -0.1) is 0 Å². The van der Waals surface area contributed by atoms with E-state index < -0.39 is 16.0 Å². The quantitative estimate of drug-likeness (QED) is 0.260. The van der Waals surface area contributed by atoms with Gasteiger partial charge >= 0.3 is 5.97 Å². The van der Waals surface area contributed by atoms with Gasteiger partial charge in [0.2, 0.25) is 0 Å². The number of benzene rings is 3. The fourth-order valence-electron chi connectivity index (χ4n) is 2.26. The van der Waals surface area contributed by atoms with E-state index in [9.17, 15) is 13.2 Å². The summed E-state index contributed by atoms with van der Waals surface area (Å²) in [6, 6.07) is 18.7. The minimum atomic E-state index is -3.73. The van der Waals surface area contributed by atoms with E-state index in [1.165, 1.54) is 30.5 Å². The lowest BCUT2D eigenvalue weighted by molar-refractivity contribution is 0.0735. The fourth-order valence-corrected chi connectivity index (χ4v) is 3.56. The molecule has 0 aliphatic rings. The average Bonchev–Trinajstić information content (AvgIpc) is 2.70. The van der Waals surface area contributed by atoms with Crippen molar-refractivity contribution >= 4 is 45.4 Å². The molecule has 148 valence electrons. The molecule has 0 spiro atoms. The van der Waals surface area contributed by atoms with Crippen LogP contribution in [0, 0.1) is 0 Å². The van der Waals surface area contributed by atoms with Gasteiger partial charge in [-0.25, -0.2) is 9.63 Å². The molecule has 29 heavy (non-hydrogen) atoms. The van der Waals surface area contributed by atoms with Crippen molar-refractivity contribution in [2.24, 2.45) is 5.10 Å². The molecule has 1 N–H and O–H groups in total. The normalized spacial score (nSPS) is 11.4. The van der Waals surface area contributed by atoms with Crippen LogP contribution in [0.4, 0.5) is 0 Å². The van der Waals surface area contributed by atoms with E-state index >= 15 is 0 Å². The Bertz CT molecular complexity index is 1150. The van der Waals surface area contributed by atoms with E-state index in [1.54, 1.807) is 48.5 Å². The molecule has 0 fully saturated rings. The summed E-state index contributed by atoms with van der Waals surface area (Å²) < 4.78 is 29.4. The Kier molecular flexibility index (Phi) is 6.53. The van der Waals surface area contributed by atoms with Gasteiger partial charge in [0, 0.05) is 5.02 Å². The van der Waals surface area contributed by atoms with Crippen molar-refractivity contribution < 1.29 is 17.9 Å². The summed E-state index contributed by atoms with van der Waals surface area (Å²) in [5.41, 5.74) is 0.794. The van der Waals surface area contributed by atoms with Crippen LogP contribution in [-0.2, 0) is 10.0 Å². The number of sulfonamides is 1. The molecule has 0 unspecified atom stereocenters. The topological polar surface area (TPSA) is 84.8 Å². The first-order valence-electron chi connectivity index (χ1n) is 8.22. The standard InChI is InChI=1S/C20H14Cl2N2O4S/c21-15-8-11-18(19(22)12-15)20(25)28-16-9-6-14(7-10-16)13-23-24-29(26,27)17-4-2-1-3-5-17/h1-13,24H. The molecule has 0 amide bonds. The number of nitrogens with zero attached hydrogens (tertiary/aromatic N) is 1. The largest absolute Gasteiger partial charge is 0.423 e. The third kappa shape index (κ3) is 5.57. The zero-order chi connectivity index (χ0) is 20.9. The lowest BCUT2D eigenvalue weighted by atomic mass is 10.2. The maximum Gasteiger partial charge on any atom is 0.345 e. The van der Waals surface area contributed by atoms with E-state index in [1.807, 2.05) is 0 Å². The van der Waals surface area contributed by atoms with Gasteiger partial charge in [0.05, 0.1) is 21.7 Å². The molecule has 3 rings (SSSR count). The van der Waals surface area contributed by atoms with Gasteiger partial charge in [0.15, 0.2) is 0 Å². The number of ether oxygens (including phenoxy) is 1. The molecule has 0 bridgehead atoms. The number of halogens is 2. The first-order valence-corrected chi connectivity index (χ1v) is 10.5. The zero-order valence-corrected chi connectivity index (χ0v) is 17.1. The molecule has 0 saturated heterocycles. The molecule has 3 aromatic carbocycles. The van der Waals surface area contributed by atoms with Gasteiger partial charge in [-0.3, -0.25) is 0 Å². The third-order valence-electron chi connectivity index (χ3n) is 3.68. The van der Waals surface area contributed by atoms with Crippen LogP contribution < -0.4 is 9.57 Å². The van der Waals surface area contributed by atoms with E-state index in [4.69, 9.17) is 27.9 Å². The minimum absolute atomic E-state index is 0.111. The molecule has 0 atom stereocenters. The number of esters is 1. The molecule has 3 aromatic rings. The van der Waals surface area contributed by atoms with Crippen LogP contribution in [0.25, 0.3) is 0 Å². The number of carbonyl (C=O) groups is 1. The zero-order valence-electron chi connectivity index (χ0n) is 14.7. The number of hydrogen-bond acceptors (Lipinski definition) is 5. The van der Waals surface area contributed by atoms with E-state index in [-0.39, 0.29) is 15.5 Å². The van der Waals surface area contributed by atoms with Crippen molar-refractivity contribution in [1.82, 2.24) is 4.83 Å². The number of carbonyl (C=O) groups excluding carboxylic acids is 1. The fraction of sp³-hybridized carbons (Fsp3) is 0. The monoisotopic (exact) mass is 448 g/mol. The summed E-state index contributed by atoms with van der Waals surface area (Å²) in [7, 11) is -3.73. The van der Waals surface area contributed by atoms with Gasteiger partial charge < -0.3 is 4.74 Å². The summed E-state index contributed by atoms with van der Waals surface area (Å²) in [6.07, 6.45) is 1.34. The Hall–Kier alpha value is -2.87. The average molecular weight is 449 g/mol. The van der Waals surface area contributed by atoms with Gasteiger partial charge in [0.25, 0.3) is 10.0 Å². The van der Waals surface area contributed by atoms with Crippen LogP contribution in [0.5, 0.6) is 5.75 Å². The van der Waals surface area contributed by atoms with Crippen LogP contribution in [0.3, 0.4) is 0 Å². The highest BCUT2D eigenvalue weighted by molar-refractivity contribution is 7.89. The predicted molar refractivity (Wildman–Crippen MR) is 112 cm³/mol. The second-order valence-electron chi connectivity index (χ2n) is 5.75. The molecule has 0 saturated carbocycles. The van der Waals surface area contributed by atoms with Gasteiger partial charge in [0.1, 0.15) is 5.75 Å². The Morgan fingerprint density at radius 2 is 1.66 bits per heavy atom. The van der Waals surface area contributed by atoms with Crippen molar-refractivity contribution in [3.63, 3.8) is 0 Å². The minimum Gasteiger partial charge on any atom is -0.423 e. The van der Waals surface area contributed by atoms with Crippen LogP contribution >= 0.6 is 23.2 Å². The van der Waals surface area contributed by atoms with Crippen LogP contribution in [0.1, 0.15) is 15.9 Å². The Morgan fingerprint density at radius 3 is 2.31 bits per heavy atom. The van der Waals surface area contributed by atoms with Crippen LogP contribution in [0.2, 0.25) is 10.0 Å². The van der Waals surface area contributed by atoms with Crippen molar-refractivity contribution in [3.05, 3.63) is 94.0 Å². The summed E-state index contributed by atoms with van der Waals surface area (Å²) in [6.45, 7) is 0. The molecular weight excluding hydrogens is 435 g/mol. The van der Waals surface area contributed by atoms with Crippen LogP contribution in [0.15, 0.2) is 82.8 Å². The molecule has 0 heterocycles. The highest BCUT2D eigenvalue weighted by Gasteiger charge is 2.13. The van der Waals surface area contributed by atoms with Crippen molar-refractivity contribution in [2.45, 2.75) is 4.90 Å². The SMILES string of the molecule is O=C(Oc1ccc(C=NNS(=O)(=O)c2ccccc2)cc1)c1ccc(Cl)cc1Cl. The summed E-state index contributed by atoms with van der Waals surface area (Å²) in [4.78, 5) is 14.4. The first-order chi connectivity index (χ1) is 13.8. The lowest BCUT2D eigenvalue weighted by Gasteiger charge is -2.06. The van der Waals surface area contributed by atoms with E-state index in [0.717, 1.165) is 0 Å². The summed E-state index contributed by atoms with van der Waals surface area (Å²) in [5.74, 6) is -0.327. The predicted octanol–water partition coefficient (Wildman–Crippen LogP) is 4.53. The first kappa shape index (κ1) is 20.9. The molecule has 0 aliphatic carbocycles. The van der Waals surface area contributed by atoms with Gasteiger partial charge in [-0.05, 0) is 60.2 Å². The summed E-state index contributed by atoms with van der Waals surface area (Å²) >= 11 is 11.8. The Morgan fingerprint density at radius 1 is 0.966 bits per heavy atom. The third-order valence-corrected chi connectivity index (χ3v) is 5.47. The lowest BCUT2D eigenvalue weighted by Crippen LogP contribution is -2.18. The number of hydrogen-bond donors (Lipinski definition) is 1. The molecule has 6 nitrogen and oxygen atoms in total. The molecule has 0 aromatic heterocycles. The number of hydrazone groups is 1. The van der Waals surface area contributed by atoms with Crippen LogP contribution in [-0.4, -0.2) is 20.6 Å². The molecular formula is C20H14Cl2N2O4S. The van der Waals surface area contributed by atoms with Crippen molar-refractivity contribution in [2.75, 3.05) is 0 Å². The Balaban J connectivity index is 1.63. The second kappa shape index (κ2) is 9.09. The second-order valence-corrected chi connectivity index (χ2v) is 8.25. The maximum absolute atomic E-state index is 12.2. The van der Waals surface area contributed by atoms with Gasteiger partial charge in [-0.2, -0.15) is 13.5 Å². The van der Waals surface area contributed by atoms with E-state index in [2.05, 4.69) is 9.93 Å². The number of rotatable bonds is 6. The number of nitrogens with one attached hydrogen (secondary N) is 1. The van der Waals surface area contributed by atoms with Crippen molar-refractivity contribution in [3.8, 4) is 5.75 Å². The van der Waals surface area contributed by atoms with Crippen molar-refractivity contribution in [1.29, 1.82) is 0 Å². The van der Waals surface area contributed by atoms with E-state index in [0.29, 0.717) is 16.3 Å². The summed E-state index contributed by atoms with van der Waals surface area (Å²) in [5, 5.41) is 4.35. The maximum atomic E-state index is 12.2. The van der Waals surface area contributed by atoms with Gasteiger partial charge in [-0.1, -0.05) is 41.4 Å². The highest BCUT2D eigenvalue weighted by Crippen LogP contribution is 2.23. The molecule has 0 aliphatic heterocycles. The smallest absolute Gasteiger partial charge is 0.345 e.